The summed E-state index contributed by atoms with van der Waals surface area (Å²) in [5.41, 5.74) is 13.6. The molecule has 0 atom stereocenters. The number of allylic oxidation sites excluding steroid dienone is 4. The van der Waals surface area contributed by atoms with Gasteiger partial charge in [0.25, 0.3) is 0 Å². The normalized spacial score (nSPS) is 13.2. The Hall–Kier alpha value is -4.44. The van der Waals surface area contributed by atoms with Crippen LogP contribution in [0, 0.1) is 0 Å². The van der Waals surface area contributed by atoms with Crippen LogP contribution >= 0.6 is 0 Å². The van der Waals surface area contributed by atoms with Gasteiger partial charge in [-0.15, -0.1) is 0 Å². The lowest BCUT2D eigenvalue weighted by molar-refractivity contribution is 0.496. The molecule has 1 aliphatic rings. The van der Waals surface area contributed by atoms with Gasteiger partial charge in [-0.25, -0.2) is 0 Å². The van der Waals surface area contributed by atoms with Crippen molar-refractivity contribution >= 4 is 48.6 Å². The van der Waals surface area contributed by atoms with E-state index < -0.39 is 0 Å². The molecule has 0 fully saturated rings. The maximum absolute atomic E-state index is 6.48. The van der Waals surface area contributed by atoms with Crippen LogP contribution in [0.15, 0.2) is 42.0 Å². The molecule has 0 saturated heterocycles. The molecule has 5 heterocycles. The van der Waals surface area contributed by atoms with E-state index in [0.29, 0.717) is 0 Å². The molecule has 4 aromatic rings. The second-order valence-electron chi connectivity index (χ2n) is 12.1. The minimum absolute atomic E-state index is 0.898. The molecule has 0 N–H and O–H groups in total. The van der Waals surface area contributed by atoms with E-state index in [9.17, 15) is 0 Å². The standard InChI is InChI=1S/C44H52O4/c1-9-29-30(10-2)38-22-18-24-40-33(13-5)34(14-6)42(47-40)26-20-28-44-36(16-8)35(15-7)43(48-44)27-19-25-41-32(12-4)31(11-3)39(46-41)23-17-21-37(29)45-38/h17-28H,9-16H2,1-8H3. The Morgan fingerprint density at radius 2 is 0.500 bits per heavy atom. The Kier molecular flexibility index (Phi) is 11.7. The summed E-state index contributed by atoms with van der Waals surface area (Å²) in [6.45, 7) is 17.5. The molecule has 1 aliphatic heterocycles. The predicted molar refractivity (Wildman–Crippen MR) is 202 cm³/mol. The molecular weight excluding hydrogens is 592 g/mol. The summed E-state index contributed by atoms with van der Waals surface area (Å²) in [4.78, 5) is 0. The summed E-state index contributed by atoms with van der Waals surface area (Å²) in [5.74, 6) is 3.59. The fourth-order valence-electron chi connectivity index (χ4n) is 7.23. The second kappa shape index (κ2) is 16.1. The SMILES string of the molecule is CCc1c2oc(c1CC)C=CC=c1oc(c(CC)c1CC)=CC=Cc1oc(c(CC)c1CC)C=CC=c1oc(c(CC)c1CC)=CC=C2. The average molecular weight is 645 g/mol. The first-order valence-corrected chi connectivity index (χ1v) is 18.1. The summed E-state index contributed by atoms with van der Waals surface area (Å²) >= 11 is 0. The number of hydrogen-bond acceptors (Lipinski definition) is 4. The van der Waals surface area contributed by atoms with Gasteiger partial charge < -0.3 is 17.7 Å². The van der Waals surface area contributed by atoms with Crippen LogP contribution in [0.3, 0.4) is 0 Å². The van der Waals surface area contributed by atoms with Crippen LogP contribution in [0.4, 0.5) is 0 Å². The molecule has 5 rings (SSSR count). The summed E-state index contributed by atoms with van der Waals surface area (Å²) in [6.07, 6.45) is 32.0. The van der Waals surface area contributed by atoms with E-state index >= 15 is 0 Å². The van der Waals surface area contributed by atoms with E-state index in [1.165, 1.54) is 44.5 Å². The third-order valence-corrected chi connectivity index (χ3v) is 9.53. The molecule has 252 valence electrons. The van der Waals surface area contributed by atoms with Crippen molar-refractivity contribution in [2.45, 2.75) is 107 Å². The molecule has 48 heavy (non-hydrogen) atoms. The number of furan rings is 4. The highest BCUT2D eigenvalue weighted by molar-refractivity contribution is 5.66. The maximum Gasteiger partial charge on any atom is 0.131 e. The average Bonchev–Trinajstić information content (AvgIpc) is 3.83. The van der Waals surface area contributed by atoms with Gasteiger partial charge in [0.05, 0.1) is 0 Å². The van der Waals surface area contributed by atoms with Crippen molar-refractivity contribution in [3.8, 4) is 0 Å². The van der Waals surface area contributed by atoms with Crippen molar-refractivity contribution in [2.24, 2.45) is 0 Å². The minimum Gasteiger partial charge on any atom is -0.457 e. The number of fused-ring (bicyclic) bond motifs is 8. The Bertz CT molecular complexity index is 1810. The van der Waals surface area contributed by atoms with E-state index in [2.05, 4.69) is 128 Å². The molecule has 4 heteroatoms. The largest absolute Gasteiger partial charge is 0.457 e. The van der Waals surface area contributed by atoms with E-state index in [4.69, 9.17) is 17.7 Å². The fourth-order valence-corrected chi connectivity index (χ4v) is 7.23. The third-order valence-electron chi connectivity index (χ3n) is 9.53. The molecule has 0 amide bonds. The maximum atomic E-state index is 6.48. The van der Waals surface area contributed by atoms with Crippen LogP contribution in [-0.2, 0) is 51.4 Å². The first-order chi connectivity index (χ1) is 23.5. The topological polar surface area (TPSA) is 52.6 Å². The number of hydrogen-bond donors (Lipinski definition) is 0. The van der Waals surface area contributed by atoms with E-state index in [-0.39, 0.29) is 0 Å². The monoisotopic (exact) mass is 644 g/mol. The summed E-state index contributed by atoms with van der Waals surface area (Å²) in [7, 11) is 0. The first kappa shape index (κ1) is 34.9. The fraction of sp³-hybridized carbons (Fsp3) is 0.364. The van der Waals surface area contributed by atoms with Crippen molar-refractivity contribution in [3.05, 3.63) is 114 Å². The van der Waals surface area contributed by atoms with Crippen LogP contribution in [0.2, 0.25) is 0 Å². The van der Waals surface area contributed by atoms with Crippen LogP contribution in [0.1, 0.15) is 123 Å². The molecular formula is C44H52O4. The molecule has 8 bridgehead atoms. The summed E-state index contributed by atoms with van der Waals surface area (Å²) < 4.78 is 25.9. The zero-order valence-electron chi connectivity index (χ0n) is 30.2. The quantitative estimate of drug-likeness (QED) is 0.192. The lowest BCUT2D eigenvalue weighted by atomic mass is 10.0. The third kappa shape index (κ3) is 6.90. The minimum atomic E-state index is 0.898. The van der Waals surface area contributed by atoms with E-state index in [1.807, 2.05) is 0 Å². The van der Waals surface area contributed by atoms with Gasteiger partial charge in [0.15, 0.2) is 0 Å². The molecule has 4 aromatic heterocycles. The van der Waals surface area contributed by atoms with E-state index in [0.717, 1.165) is 96.1 Å². The van der Waals surface area contributed by atoms with Gasteiger partial charge in [0, 0.05) is 44.5 Å². The van der Waals surface area contributed by atoms with Crippen LogP contribution in [0.25, 0.3) is 48.6 Å². The number of rotatable bonds is 8. The summed E-state index contributed by atoms with van der Waals surface area (Å²) in [6, 6.07) is 0. The smallest absolute Gasteiger partial charge is 0.131 e. The van der Waals surface area contributed by atoms with Gasteiger partial charge in [-0.05, 0) is 100.0 Å². The zero-order valence-corrected chi connectivity index (χ0v) is 30.2. The molecule has 4 nitrogen and oxygen atoms in total. The highest BCUT2D eigenvalue weighted by Gasteiger charge is 2.16. The lowest BCUT2D eigenvalue weighted by Gasteiger charge is -1.98. The van der Waals surface area contributed by atoms with Crippen molar-refractivity contribution in [3.63, 3.8) is 0 Å². The Morgan fingerprint density at radius 3 is 0.688 bits per heavy atom. The molecule has 0 aromatic carbocycles. The Labute approximate surface area is 285 Å². The Balaban J connectivity index is 1.75. The second-order valence-corrected chi connectivity index (χ2v) is 12.1. The Morgan fingerprint density at radius 1 is 0.292 bits per heavy atom. The van der Waals surface area contributed by atoms with Crippen molar-refractivity contribution in [2.75, 3.05) is 0 Å². The first-order valence-electron chi connectivity index (χ1n) is 18.1. The molecule has 0 aliphatic carbocycles. The zero-order chi connectivity index (χ0) is 34.2. The van der Waals surface area contributed by atoms with Gasteiger partial charge in [0.2, 0.25) is 0 Å². The predicted octanol–water partition coefficient (Wildman–Crippen LogP) is 8.85. The van der Waals surface area contributed by atoms with Crippen molar-refractivity contribution in [1.82, 2.24) is 0 Å². The van der Waals surface area contributed by atoms with Crippen LogP contribution in [-0.4, -0.2) is 0 Å². The van der Waals surface area contributed by atoms with Crippen molar-refractivity contribution in [1.29, 1.82) is 0 Å². The highest BCUT2D eigenvalue weighted by Crippen LogP contribution is 2.28. The molecule has 0 saturated carbocycles. The highest BCUT2D eigenvalue weighted by atomic mass is 16.3. The van der Waals surface area contributed by atoms with Crippen LogP contribution < -0.4 is 21.7 Å². The van der Waals surface area contributed by atoms with Crippen LogP contribution in [0.5, 0.6) is 0 Å². The van der Waals surface area contributed by atoms with Gasteiger partial charge >= 0.3 is 0 Å². The molecule has 0 radical (unpaired) electrons. The van der Waals surface area contributed by atoms with E-state index in [1.54, 1.807) is 0 Å². The van der Waals surface area contributed by atoms with Gasteiger partial charge in [0.1, 0.15) is 44.7 Å². The van der Waals surface area contributed by atoms with Gasteiger partial charge in [-0.3, -0.25) is 0 Å². The molecule has 0 unspecified atom stereocenters. The lowest BCUT2D eigenvalue weighted by Crippen LogP contribution is -2.04. The molecule has 0 spiro atoms. The van der Waals surface area contributed by atoms with Gasteiger partial charge in [-0.1, -0.05) is 79.7 Å². The van der Waals surface area contributed by atoms with Crippen molar-refractivity contribution < 1.29 is 17.7 Å². The van der Waals surface area contributed by atoms with Gasteiger partial charge in [-0.2, -0.15) is 0 Å². The summed E-state index contributed by atoms with van der Waals surface area (Å²) in [5, 5.41) is 0.